The number of hydrogen-bond acceptors (Lipinski definition) is 4. The van der Waals surface area contributed by atoms with Gasteiger partial charge in [-0.2, -0.15) is 0 Å². The summed E-state index contributed by atoms with van der Waals surface area (Å²) < 4.78 is 10.7. The van der Waals surface area contributed by atoms with E-state index in [4.69, 9.17) is 20.9 Å². The van der Waals surface area contributed by atoms with Crippen LogP contribution in [0.5, 0.6) is 5.75 Å². The molecule has 7 heteroatoms. The van der Waals surface area contributed by atoms with Crippen molar-refractivity contribution in [3.63, 3.8) is 0 Å². The van der Waals surface area contributed by atoms with Crippen molar-refractivity contribution in [2.45, 2.75) is 39.8 Å². The molecule has 1 heterocycles. The van der Waals surface area contributed by atoms with Crippen molar-refractivity contribution < 1.29 is 9.26 Å². The zero-order chi connectivity index (χ0) is 18.2. The molecule has 6 nitrogen and oxygen atoms in total. The highest BCUT2D eigenvalue weighted by molar-refractivity contribution is 6.30. The summed E-state index contributed by atoms with van der Waals surface area (Å²) in [4.78, 5) is 4.59. The summed E-state index contributed by atoms with van der Waals surface area (Å²) in [6.07, 6.45) is 0. The van der Waals surface area contributed by atoms with Crippen molar-refractivity contribution in [2.75, 3.05) is 13.7 Å². The first kappa shape index (κ1) is 19.1. The fourth-order valence-corrected chi connectivity index (χ4v) is 2.37. The molecule has 0 aliphatic carbocycles. The van der Waals surface area contributed by atoms with Gasteiger partial charge in [0.1, 0.15) is 5.75 Å². The molecule has 0 amide bonds. The second kappa shape index (κ2) is 9.32. The minimum atomic E-state index is 0.344. The van der Waals surface area contributed by atoms with E-state index in [1.807, 2.05) is 25.1 Å². The second-order valence-electron chi connectivity index (χ2n) is 5.88. The number of ether oxygens (including phenoxy) is 1. The monoisotopic (exact) mass is 364 g/mol. The molecule has 2 N–H and O–H groups in total. The minimum absolute atomic E-state index is 0.344. The highest BCUT2D eigenvalue weighted by Gasteiger charge is 2.09. The molecule has 0 aliphatic rings. The molecule has 1 aromatic carbocycles. The highest BCUT2D eigenvalue weighted by atomic mass is 35.5. The van der Waals surface area contributed by atoms with Gasteiger partial charge in [-0.15, -0.1) is 0 Å². The molecule has 1 aromatic heterocycles. The number of aliphatic imine (C=N–C) groups is 1. The van der Waals surface area contributed by atoms with Crippen LogP contribution in [0.4, 0.5) is 0 Å². The molecule has 0 radical (unpaired) electrons. The van der Waals surface area contributed by atoms with E-state index >= 15 is 0 Å². The Labute approximate surface area is 153 Å². The number of hydrogen-bond donors (Lipinski definition) is 2. The van der Waals surface area contributed by atoms with Gasteiger partial charge in [0, 0.05) is 23.2 Å². The first-order valence-corrected chi connectivity index (χ1v) is 8.71. The van der Waals surface area contributed by atoms with Crippen molar-refractivity contribution in [1.82, 2.24) is 15.8 Å². The van der Waals surface area contributed by atoms with Gasteiger partial charge in [-0.3, -0.25) is 0 Å². The predicted octanol–water partition coefficient (Wildman–Crippen LogP) is 3.72. The van der Waals surface area contributed by atoms with Crippen LogP contribution in [0.25, 0.3) is 0 Å². The lowest BCUT2D eigenvalue weighted by Gasteiger charge is -2.11. The standard InChI is InChI=1S/C18H25ClN4O2/c1-5-20-18(22-11-15-9-16(12(2)3)23-25-15)21-10-13-6-7-14(19)8-17(13)24-4/h6-9,12H,5,10-11H2,1-4H3,(H2,20,21,22). The Bertz CT molecular complexity index is 713. The van der Waals surface area contributed by atoms with Crippen LogP contribution in [0.15, 0.2) is 33.8 Å². The molecule has 0 fully saturated rings. The van der Waals surface area contributed by atoms with E-state index in [-0.39, 0.29) is 0 Å². The summed E-state index contributed by atoms with van der Waals surface area (Å²) in [6.45, 7) is 7.94. The molecule has 0 unspecified atom stereocenters. The number of aromatic nitrogens is 1. The molecule has 0 bridgehead atoms. The normalized spacial score (nSPS) is 11.7. The van der Waals surface area contributed by atoms with Gasteiger partial charge in [0.05, 0.1) is 25.9 Å². The number of methoxy groups -OCH3 is 1. The van der Waals surface area contributed by atoms with E-state index in [0.29, 0.717) is 30.0 Å². The lowest BCUT2D eigenvalue weighted by molar-refractivity contribution is 0.372. The summed E-state index contributed by atoms with van der Waals surface area (Å²) in [6, 6.07) is 7.50. The molecule has 2 aromatic rings. The van der Waals surface area contributed by atoms with Crippen LogP contribution in [0.2, 0.25) is 5.02 Å². The van der Waals surface area contributed by atoms with Crippen LogP contribution in [0, 0.1) is 0 Å². The van der Waals surface area contributed by atoms with E-state index < -0.39 is 0 Å². The Morgan fingerprint density at radius 2 is 2.12 bits per heavy atom. The maximum Gasteiger partial charge on any atom is 0.191 e. The van der Waals surface area contributed by atoms with Gasteiger partial charge in [-0.05, 0) is 25.0 Å². The third-order valence-electron chi connectivity index (χ3n) is 3.60. The van der Waals surface area contributed by atoms with E-state index in [0.717, 1.165) is 29.3 Å². The van der Waals surface area contributed by atoms with Gasteiger partial charge in [0.15, 0.2) is 11.7 Å². The topological polar surface area (TPSA) is 71.7 Å². The lowest BCUT2D eigenvalue weighted by atomic mass is 10.1. The molecule has 2 rings (SSSR count). The Morgan fingerprint density at radius 1 is 1.32 bits per heavy atom. The van der Waals surface area contributed by atoms with Crippen LogP contribution in [-0.4, -0.2) is 24.8 Å². The molecule has 25 heavy (non-hydrogen) atoms. The number of halogens is 1. The molecule has 0 saturated carbocycles. The molecule has 0 aliphatic heterocycles. The molecular formula is C18H25ClN4O2. The summed E-state index contributed by atoms with van der Waals surface area (Å²) in [7, 11) is 1.62. The molecular weight excluding hydrogens is 340 g/mol. The van der Waals surface area contributed by atoms with Gasteiger partial charge >= 0.3 is 0 Å². The van der Waals surface area contributed by atoms with Crippen LogP contribution >= 0.6 is 11.6 Å². The Balaban J connectivity index is 2.02. The molecule has 0 saturated heterocycles. The first-order valence-electron chi connectivity index (χ1n) is 8.33. The fourth-order valence-electron chi connectivity index (χ4n) is 2.21. The third-order valence-corrected chi connectivity index (χ3v) is 3.83. The largest absolute Gasteiger partial charge is 0.496 e. The van der Waals surface area contributed by atoms with Gasteiger partial charge in [0.25, 0.3) is 0 Å². The molecule has 0 spiro atoms. The van der Waals surface area contributed by atoms with Gasteiger partial charge < -0.3 is 19.9 Å². The van der Waals surface area contributed by atoms with E-state index in [2.05, 4.69) is 34.6 Å². The first-order chi connectivity index (χ1) is 12.0. The summed E-state index contributed by atoms with van der Waals surface area (Å²) in [5, 5.41) is 11.2. The number of rotatable bonds is 7. The number of benzene rings is 1. The van der Waals surface area contributed by atoms with E-state index in [1.54, 1.807) is 13.2 Å². The lowest BCUT2D eigenvalue weighted by Crippen LogP contribution is -2.36. The Kier molecular flexibility index (Phi) is 7.13. The maximum atomic E-state index is 5.99. The fraction of sp³-hybridized carbons (Fsp3) is 0.444. The van der Waals surface area contributed by atoms with Crippen LogP contribution in [-0.2, 0) is 13.1 Å². The van der Waals surface area contributed by atoms with Crippen LogP contribution in [0.1, 0.15) is 43.7 Å². The van der Waals surface area contributed by atoms with Gasteiger partial charge in [-0.25, -0.2) is 4.99 Å². The van der Waals surface area contributed by atoms with Gasteiger partial charge in [-0.1, -0.05) is 36.7 Å². The predicted molar refractivity (Wildman–Crippen MR) is 100 cm³/mol. The molecule has 136 valence electrons. The number of nitrogens with zero attached hydrogens (tertiary/aromatic N) is 2. The Hall–Kier alpha value is -2.21. The van der Waals surface area contributed by atoms with Crippen molar-refractivity contribution >= 4 is 17.6 Å². The highest BCUT2D eigenvalue weighted by Crippen LogP contribution is 2.23. The average Bonchev–Trinajstić information content (AvgIpc) is 3.07. The van der Waals surface area contributed by atoms with Crippen molar-refractivity contribution in [3.05, 3.63) is 46.3 Å². The zero-order valence-electron chi connectivity index (χ0n) is 15.1. The number of nitrogens with one attached hydrogen (secondary N) is 2. The van der Waals surface area contributed by atoms with Crippen LogP contribution < -0.4 is 15.4 Å². The smallest absolute Gasteiger partial charge is 0.191 e. The summed E-state index contributed by atoms with van der Waals surface area (Å²) in [5.41, 5.74) is 1.91. The van der Waals surface area contributed by atoms with Crippen molar-refractivity contribution in [2.24, 2.45) is 4.99 Å². The van der Waals surface area contributed by atoms with Crippen molar-refractivity contribution in [1.29, 1.82) is 0 Å². The maximum absolute atomic E-state index is 5.99. The second-order valence-corrected chi connectivity index (χ2v) is 6.31. The quantitative estimate of drug-likeness (QED) is 0.578. The SMILES string of the molecule is CCNC(=NCc1ccc(Cl)cc1OC)NCc1cc(C(C)C)no1. The van der Waals surface area contributed by atoms with Crippen LogP contribution in [0.3, 0.4) is 0 Å². The number of guanidine groups is 1. The van der Waals surface area contributed by atoms with Crippen molar-refractivity contribution in [3.8, 4) is 5.75 Å². The summed E-state index contributed by atoms with van der Waals surface area (Å²) >= 11 is 5.99. The minimum Gasteiger partial charge on any atom is -0.496 e. The zero-order valence-corrected chi connectivity index (χ0v) is 15.9. The van der Waals surface area contributed by atoms with Gasteiger partial charge in [0.2, 0.25) is 0 Å². The van der Waals surface area contributed by atoms with E-state index in [9.17, 15) is 0 Å². The third kappa shape index (κ3) is 5.67. The van der Waals surface area contributed by atoms with E-state index in [1.165, 1.54) is 0 Å². The molecule has 0 atom stereocenters. The average molecular weight is 365 g/mol. The Morgan fingerprint density at radius 3 is 2.76 bits per heavy atom. The summed E-state index contributed by atoms with van der Waals surface area (Å²) in [5.74, 6) is 2.54.